The van der Waals surface area contributed by atoms with Crippen LogP contribution in [0.1, 0.15) is 31.9 Å². The maximum absolute atomic E-state index is 11.6. The smallest absolute Gasteiger partial charge is 0.307 e. The van der Waals surface area contributed by atoms with Gasteiger partial charge < -0.3 is 9.84 Å². The Labute approximate surface area is 114 Å². The Kier molecular flexibility index (Phi) is 3.95. The van der Waals surface area contributed by atoms with Crippen LogP contribution in [0.25, 0.3) is 0 Å². The molecular weight excluding hydrogens is 240 g/mol. The van der Waals surface area contributed by atoms with Crippen LogP contribution < -0.4 is 0 Å². The number of ether oxygens (including phenoxy) is 1. The van der Waals surface area contributed by atoms with Gasteiger partial charge in [0.25, 0.3) is 0 Å². The zero-order valence-corrected chi connectivity index (χ0v) is 11.8. The first-order valence-corrected chi connectivity index (χ1v) is 6.91. The van der Waals surface area contributed by atoms with Gasteiger partial charge in [0.1, 0.15) is 0 Å². The molecule has 104 valence electrons. The number of aryl methyl sites for hydroxylation is 1. The number of carboxylic acid groups (broad SMARTS) is 1. The molecule has 1 aliphatic heterocycles. The monoisotopic (exact) mass is 262 g/mol. The fourth-order valence-corrected chi connectivity index (χ4v) is 3.08. The Morgan fingerprint density at radius 1 is 1.32 bits per heavy atom. The molecule has 1 atom stereocenters. The minimum atomic E-state index is -0.724. The molecule has 1 unspecified atom stereocenters. The lowest BCUT2D eigenvalue weighted by Gasteiger charge is -2.47. The maximum atomic E-state index is 11.6. The van der Waals surface area contributed by atoms with Gasteiger partial charge in [0, 0.05) is 0 Å². The van der Waals surface area contributed by atoms with E-state index in [-0.39, 0.29) is 11.3 Å². The Balaban J connectivity index is 2.38. The van der Waals surface area contributed by atoms with Crippen molar-refractivity contribution in [1.29, 1.82) is 0 Å². The summed E-state index contributed by atoms with van der Waals surface area (Å²) >= 11 is 0. The molecule has 1 heterocycles. The van der Waals surface area contributed by atoms with Crippen molar-refractivity contribution in [2.75, 3.05) is 13.2 Å². The Morgan fingerprint density at radius 3 is 2.21 bits per heavy atom. The van der Waals surface area contributed by atoms with E-state index in [1.165, 1.54) is 5.56 Å². The summed E-state index contributed by atoms with van der Waals surface area (Å²) in [5.41, 5.74) is 2.01. The summed E-state index contributed by atoms with van der Waals surface area (Å²) in [6.45, 7) is 7.07. The molecule has 1 aromatic rings. The third-order valence-corrected chi connectivity index (χ3v) is 4.18. The molecule has 0 saturated carbocycles. The number of benzene rings is 1. The van der Waals surface area contributed by atoms with Gasteiger partial charge in [-0.1, -0.05) is 45.0 Å². The van der Waals surface area contributed by atoms with Gasteiger partial charge in [0.15, 0.2) is 0 Å². The predicted octanol–water partition coefficient (Wildman–Crippen LogP) is 2.87. The van der Waals surface area contributed by atoms with E-state index in [1.807, 2.05) is 13.8 Å². The fraction of sp³-hybridized carbons (Fsp3) is 0.562. The zero-order valence-electron chi connectivity index (χ0n) is 11.8. The average molecular weight is 262 g/mol. The predicted molar refractivity (Wildman–Crippen MR) is 74.3 cm³/mol. The quantitative estimate of drug-likeness (QED) is 0.887. The van der Waals surface area contributed by atoms with Crippen LogP contribution in [0.15, 0.2) is 24.3 Å². The third-order valence-electron chi connectivity index (χ3n) is 4.18. The summed E-state index contributed by atoms with van der Waals surface area (Å²) in [6, 6.07) is 8.32. The topological polar surface area (TPSA) is 46.5 Å². The van der Waals surface area contributed by atoms with E-state index >= 15 is 0 Å². The van der Waals surface area contributed by atoms with E-state index in [1.54, 1.807) is 0 Å². The van der Waals surface area contributed by atoms with Crippen molar-refractivity contribution in [2.45, 2.75) is 32.6 Å². The minimum Gasteiger partial charge on any atom is -0.481 e. The molecule has 1 fully saturated rings. The molecule has 19 heavy (non-hydrogen) atoms. The van der Waals surface area contributed by atoms with Crippen LogP contribution in [0.3, 0.4) is 0 Å². The number of carboxylic acids is 1. The maximum Gasteiger partial charge on any atom is 0.307 e. The van der Waals surface area contributed by atoms with Crippen LogP contribution in [0, 0.1) is 11.8 Å². The van der Waals surface area contributed by atoms with Crippen LogP contribution in [0.4, 0.5) is 0 Å². The zero-order chi connectivity index (χ0) is 14.0. The SMILES string of the molecule is CCc1ccc(C2(C(C(=O)O)C(C)C)COC2)cc1. The molecule has 0 aliphatic carbocycles. The summed E-state index contributed by atoms with van der Waals surface area (Å²) in [4.78, 5) is 11.6. The molecule has 0 spiro atoms. The molecule has 1 saturated heterocycles. The second-order valence-corrected chi connectivity index (χ2v) is 5.76. The lowest BCUT2D eigenvalue weighted by Crippen LogP contribution is -2.56. The lowest BCUT2D eigenvalue weighted by atomic mass is 9.64. The molecular formula is C16H22O3. The van der Waals surface area contributed by atoms with Crippen molar-refractivity contribution in [1.82, 2.24) is 0 Å². The number of hydrogen-bond acceptors (Lipinski definition) is 2. The Hall–Kier alpha value is -1.35. The molecule has 1 aliphatic rings. The van der Waals surface area contributed by atoms with Gasteiger partial charge in [-0.15, -0.1) is 0 Å². The lowest BCUT2D eigenvalue weighted by molar-refractivity contribution is -0.161. The number of hydrogen-bond donors (Lipinski definition) is 1. The van der Waals surface area contributed by atoms with Crippen molar-refractivity contribution >= 4 is 5.97 Å². The van der Waals surface area contributed by atoms with Crippen molar-refractivity contribution in [3.05, 3.63) is 35.4 Å². The van der Waals surface area contributed by atoms with Gasteiger partial charge in [-0.3, -0.25) is 4.79 Å². The summed E-state index contributed by atoms with van der Waals surface area (Å²) < 4.78 is 5.37. The summed E-state index contributed by atoms with van der Waals surface area (Å²) in [6.07, 6.45) is 0.996. The molecule has 0 radical (unpaired) electrons. The second-order valence-electron chi connectivity index (χ2n) is 5.76. The molecule has 3 heteroatoms. The minimum absolute atomic E-state index is 0.0900. The summed E-state index contributed by atoms with van der Waals surface area (Å²) in [5, 5.41) is 9.55. The van der Waals surface area contributed by atoms with Gasteiger partial charge in [-0.25, -0.2) is 0 Å². The van der Waals surface area contributed by atoms with E-state index in [4.69, 9.17) is 4.74 Å². The van der Waals surface area contributed by atoms with Crippen molar-refractivity contribution in [2.24, 2.45) is 11.8 Å². The first-order chi connectivity index (χ1) is 9.01. The van der Waals surface area contributed by atoms with Crippen LogP contribution in [0.5, 0.6) is 0 Å². The van der Waals surface area contributed by atoms with Gasteiger partial charge in [0.2, 0.25) is 0 Å². The first-order valence-electron chi connectivity index (χ1n) is 6.91. The number of rotatable bonds is 5. The highest BCUT2D eigenvalue weighted by molar-refractivity contribution is 5.73. The molecule has 2 rings (SSSR count). The standard InChI is InChI=1S/C16H22O3/c1-4-12-5-7-13(8-6-12)16(9-19-10-16)14(11(2)3)15(17)18/h5-8,11,14H,4,9-10H2,1-3H3,(H,17,18). The molecule has 0 bridgehead atoms. The van der Waals surface area contributed by atoms with Crippen LogP contribution in [-0.2, 0) is 21.4 Å². The van der Waals surface area contributed by atoms with Crippen LogP contribution >= 0.6 is 0 Å². The van der Waals surface area contributed by atoms with Gasteiger partial charge in [0.05, 0.1) is 24.5 Å². The molecule has 0 aromatic heterocycles. The van der Waals surface area contributed by atoms with E-state index in [9.17, 15) is 9.90 Å². The van der Waals surface area contributed by atoms with Crippen molar-refractivity contribution in [3.63, 3.8) is 0 Å². The highest BCUT2D eigenvalue weighted by Crippen LogP contribution is 2.43. The first kappa shape index (κ1) is 14.1. The summed E-state index contributed by atoms with van der Waals surface area (Å²) in [5.74, 6) is -1.03. The third kappa shape index (κ3) is 2.39. The fourth-order valence-electron chi connectivity index (χ4n) is 3.08. The number of carbonyl (C=O) groups is 1. The van der Waals surface area contributed by atoms with Crippen LogP contribution in [0.2, 0.25) is 0 Å². The second kappa shape index (κ2) is 5.33. The van der Waals surface area contributed by atoms with Gasteiger partial charge >= 0.3 is 5.97 Å². The van der Waals surface area contributed by atoms with Crippen molar-refractivity contribution in [3.8, 4) is 0 Å². The van der Waals surface area contributed by atoms with E-state index in [0.29, 0.717) is 13.2 Å². The normalized spacial score (nSPS) is 18.9. The Bertz CT molecular complexity index is 444. The van der Waals surface area contributed by atoms with Gasteiger partial charge in [-0.2, -0.15) is 0 Å². The van der Waals surface area contributed by atoms with Crippen LogP contribution in [-0.4, -0.2) is 24.3 Å². The highest BCUT2D eigenvalue weighted by Gasteiger charge is 2.51. The van der Waals surface area contributed by atoms with E-state index < -0.39 is 11.9 Å². The van der Waals surface area contributed by atoms with Crippen molar-refractivity contribution < 1.29 is 14.6 Å². The highest BCUT2D eigenvalue weighted by atomic mass is 16.5. The molecule has 1 aromatic carbocycles. The molecule has 0 amide bonds. The average Bonchev–Trinajstić information content (AvgIpc) is 2.32. The molecule has 1 N–H and O–H groups in total. The largest absolute Gasteiger partial charge is 0.481 e. The molecule has 3 nitrogen and oxygen atoms in total. The number of aliphatic carboxylic acids is 1. The van der Waals surface area contributed by atoms with E-state index in [0.717, 1.165) is 12.0 Å². The van der Waals surface area contributed by atoms with Gasteiger partial charge in [-0.05, 0) is 23.5 Å². The Morgan fingerprint density at radius 2 is 1.89 bits per heavy atom. The van der Waals surface area contributed by atoms with E-state index in [2.05, 4.69) is 31.2 Å². The summed E-state index contributed by atoms with van der Waals surface area (Å²) in [7, 11) is 0.